The van der Waals surface area contributed by atoms with Gasteiger partial charge in [0.25, 0.3) is 5.91 Å². The van der Waals surface area contributed by atoms with E-state index < -0.39 is 80.3 Å². The van der Waals surface area contributed by atoms with Gasteiger partial charge in [-0.1, -0.05) is 0 Å². The Morgan fingerprint density at radius 1 is 1.09 bits per heavy atom. The molecule has 0 saturated heterocycles. The number of nitrogens with one attached hydrogen (secondary N) is 1. The number of carbonyl (C=O) groups excluding carboxylic acids is 2. The number of halogens is 7. The fourth-order valence-electron chi connectivity index (χ4n) is 5.66. The van der Waals surface area contributed by atoms with Crippen LogP contribution < -0.4 is 11.1 Å². The van der Waals surface area contributed by atoms with Crippen LogP contribution in [-0.4, -0.2) is 59.7 Å². The minimum atomic E-state index is -4.46. The summed E-state index contributed by atoms with van der Waals surface area (Å²) < 4.78 is 94.2. The normalized spacial score (nSPS) is 18.9. The zero-order valence-corrected chi connectivity index (χ0v) is 23.4. The Labute approximate surface area is 246 Å². The van der Waals surface area contributed by atoms with Crippen LogP contribution >= 0.6 is 0 Å². The average Bonchev–Trinajstić information content (AvgIpc) is 3.55. The van der Waals surface area contributed by atoms with Crippen molar-refractivity contribution in [2.45, 2.75) is 94.8 Å². The van der Waals surface area contributed by atoms with Gasteiger partial charge in [-0.3, -0.25) is 9.59 Å². The Morgan fingerprint density at radius 3 is 2.41 bits per heavy atom. The lowest BCUT2D eigenvalue weighted by Gasteiger charge is -2.31. The highest BCUT2D eigenvalue weighted by Gasteiger charge is 2.41. The summed E-state index contributed by atoms with van der Waals surface area (Å²) in [4.78, 5) is 33.3. The molecule has 10 nitrogen and oxygen atoms in total. The summed E-state index contributed by atoms with van der Waals surface area (Å²) in [6.07, 6.45) is -5.76. The SMILES string of the molecule is NC(=O)c1nc([C@H](c2cn3ncc([C@H](NC(=O)CCC(F)(F)F)C4CC4)cc3n2)C2CCC(F)(F)CC2)nn1CCC(F)F. The van der Waals surface area contributed by atoms with Crippen LogP contribution in [0.15, 0.2) is 18.5 Å². The topological polar surface area (TPSA) is 133 Å². The number of amides is 2. The molecule has 3 aromatic heterocycles. The summed E-state index contributed by atoms with van der Waals surface area (Å²) in [5.74, 6) is -6.10. The van der Waals surface area contributed by atoms with E-state index in [0.29, 0.717) is 16.9 Å². The van der Waals surface area contributed by atoms with Crippen LogP contribution in [-0.2, 0) is 11.3 Å². The molecule has 240 valence electrons. The van der Waals surface area contributed by atoms with Gasteiger partial charge in [-0.2, -0.15) is 23.4 Å². The molecule has 0 aliphatic heterocycles. The second-order valence-electron chi connectivity index (χ2n) is 11.5. The van der Waals surface area contributed by atoms with Crippen molar-refractivity contribution in [2.75, 3.05) is 0 Å². The van der Waals surface area contributed by atoms with Gasteiger partial charge < -0.3 is 11.1 Å². The first-order chi connectivity index (χ1) is 20.7. The maximum Gasteiger partial charge on any atom is 0.389 e. The third-order valence-electron chi connectivity index (χ3n) is 8.06. The number of fused-ring (bicyclic) bond motifs is 1. The van der Waals surface area contributed by atoms with E-state index in [1.165, 1.54) is 10.7 Å². The lowest BCUT2D eigenvalue weighted by atomic mass is 9.77. The molecule has 2 aliphatic carbocycles. The van der Waals surface area contributed by atoms with Gasteiger partial charge in [-0.25, -0.2) is 36.7 Å². The van der Waals surface area contributed by atoms with Crippen molar-refractivity contribution in [3.05, 3.63) is 41.4 Å². The van der Waals surface area contributed by atoms with E-state index in [0.717, 1.165) is 17.5 Å². The predicted molar refractivity (Wildman–Crippen MR) is 140 cm³/mol. The molecule has 0 aromatic carbocycles. The van der Waals surface area contributed by atoms with E-state index in [-0.39, 0.29) is 37.0 Å². The van der Waals surface area contributed by atoms with E-state index in [1.807, 2.05) is 0 Å². The van der Waals surface area contributed by atoms with Crippen molar-refractivity contribution in [1.29, 1.82) is 0 Å². The highest BCUT2D eigenvalue weighted by Crippen LogP contribution is 2.45. The largest absolute Gasteiger partial charge is 0.389 e. The van der Waals surface area contributed by atoms with Gasteiger partial charge in [-0.05, 0) is 49.1 Å². The van der Waals surface area contributed by atoms with Crippen LogP contribution in [0.5, 0.6) is 0 Å². The number of hydrogen-bond acceptors (Lipinski definition) is 6. The van der Waals surface area contributed by atoms with Crippen LogP contribution in [0.1, 0.15) is 97.4 Å². The molecule has 2 fully saturated rings. The monoisotopic (exact) mass is 632 g/mol. The van der Waals surface area contributed by atoms with E-state index >= 15 is 0 Å². The number of primary amides is 1. The van der Waals surface area contributed by atoms with Crippen molar-refractivity contribution in [3.63, 3.8) is 0 Å². The molecular formula is C27H31F7N8O2. The molecule has 3 N–H and O–H groups in total. The maximum atomic E-state index is 14.1. The first-order valence-electron chi connectivity index (χ1n) is 14.3. The summed E-state index contributed by atoms with van der Waals surface area (Å²) in [5, 5.41) is 11.3. The van der Waals surface area contributed by atoms with Crippen molar-refractivity contribution in [3.8, 4) is 0 Å². The maximum absolute atomic E-state index is 14.1. The first kappa shape index (κ1) is 31.6. The van der Waals surface area contributed by atoms with Gasteiger partial charge in [0.15, 0.2) is 11.5 Å². The Bertz CT molecular complexity index is 1490. The molecule has 17 heteroatoms. The van der Waals surface area contributed by atoms with Gasteiger partial charge in [-0.15, -0.1) is 0 Å². The van der Waals surface area contributed by atoms with E-state index in [2.05, 4.69) is 25.5 Å². The van der Waals surface area contributed by atoms with Gasteiger partial charge in [0.05, 0.1) is 36.5 Å². The number of alkyl halides is 7. The quantitative estimate of drug-likeness (QED) is 0.272. The van der Waals surface area contributed by atoms with Crippen LogP contribution in [0.2, 0.25) is 0 Å². The number of aryl methyl sites for hydroxylation is 1. The molecule has 2 atom stereocenters. The number of nitrogens with zero attached hydrogens (tertiary/aromatic N) is 6. The molecule has 0 spiro atoms. The third kappa shape index (κ3) is 7.64. The Kier molecular flexibility index (Phi) is 8.84. The van der Waals surface area contributed by atoms with Crippen molar-refractivity contribution >= 4 is 17.5 Å². The fourth-order valence-corrected chi connectivity index (χ4v) is 5.66. The van der Waals surface area contributed by atoms with E-state index in [1.54, 1.807) is 12.3 Å². The molecule has 3 aromatic rings. The molecule has 44 heavy (non-hydrogen) atoms. The van der Waals surface area contributed by atoms with E-state index in [4.69, 9.17) is 5.73 Å². The third-order valence-corrected chi connectivity index (χ3v) is 8.06. The minimum Gasteiger partial charge on any atom is -0.363 e. The molecule has 3 heterocycles. The molecule has 0 radical (unpaired) electrons. The average molecular weight is 633 g/mol. The Balaban J connectivity index is 1.47. The standard InChI is InChI=1S/C27H31F7N8O2/c28-18(29)6-10-41-25(23(35)44)39-24(40-41)21(14-3-7-26(30,31)8-4-14)17-13-42-19(37-17)11-16(12-36-42)22(15-1-2-15)38-20(43)5-9-27(32,33)34/h11-15,18,21-22H,1-10H2,(H2,35,44)(H,38,43)/t21-,22+/m0/s1. The van der Waals surface area contributed by atoms with Crippen molar-refractivity contribution < 1.29 is 40.3 Å². The summed E-state index contributed by atoms with van der Waals surface area (Å²) in [6, 6.07) is 1.06. The highest BCUT2D eigenvalue weighted by atomic mass is 19.4. The Morgan fingerprint density at radius 2 is 1.80 bits per heavy atom. The minimum absolute atomic E-state index is 0.0220. The number of nitrogens with two attached hydrogens (primary N) is 1. The van der Waals surface area contributed by atoms with Crippen molar-refractivity contribution in [2.24, 2.45) is 17.6 Å². The van der Waals surface area contributed by atoms with Crippen LogP contribution in [0, 0.1) is 11.8 Å². The van der Waals surface area contributed by atoms with Crippen LogP contribution in [0.4, 0.5) is 30.7 Å². The zero-order chi connectivity index (χ0) is 31.8. The summed E-state index contributed by atoms with van der Waals surface area (Å²) in [7, 11) is 0. The summed E-state index contributed by atoms with van der Waals surface area (Å²) >= 11 is 0. The number of imidazole rings is 1. The molecule has 2 aliphatic rings. The Hall–Kier alpha value is -3.79. The van der Waals surface area contributed by atoms with Gasteiger partial charge >= 0.3 is 6.18 Å². The fraction of sp³-hybridized carbons (Fsp3) is 0.630. The van der Waals surface area contributed by atoms with Gasteiger partial charge in [0.1, 0.15) is 0 Å². The smallest absolute Gasteiger partial charge is 0.363 e. The van der Waals surface area contributed by atoms with Crippen LogP contribution in [0.25, 0.3) is 5.65 Å². The summed E-state index contributed by atoms with van der Waals surface area (Å²) in [5.41, 5.74) is 6.62. The van der Waals surface area contributed by atoms with Crippen LogP contribution in [0.3, 0.4) is 0 Å². The molecule has 5 rings (SSSR count). The molecule has 2 amide bonds. The number of carbonyl (C=O) groups is 2. The number of hydrogen-bond donors (Lipinski definition) is 2. The second-order valence-corrected chi connectivity index (χ2v) is 11.5. The highest BCUT2D eigenvalue weighted by molar-refractivity contribution is 5.89. The second kappa shape index (κ2) is 12.3. The zero-order valence-electron chi connectivity index (χ0n) is 23.4. The molecule has 2 saturated carbocycles. The number of rotatable bonds is 12. The summed E-state index contributed by atoms with van der Waals surface area (Å²) in [6.45, 7) is -0.342. The van der Waals surface area contributed by atoms with Crippen molar-refractivity contribution in [1.82, 2.24) is 34.7 Å². The van der Waals surface area contributed by atoms with Gasteiger partial charge in [0.2, 0.25) is 24.1 Å². The van der Waals surface area contributed by atoms with Gasteiger partial charge in [0, 0.05) is 32.2 Å². The number of aromatic nitrogens is 6. The van der Waals surface area contributed by atoms with E-state index in [9.17, 15) is 40.3 Å². The predicted octanol–water partition coefficient (Wildman–Crippen LogP) is 4.94. The molecule has 0 unspecified atom stereocenters. The lowest BCUT2D eigenvalue weighted by Crippen LogP contribution is -2.30. The molecule has 0 bridgehead atoms. The first-order valence-corrected chi connectivity index (χ1v) is 14.3. The lowest BCUT2D eigenvalue weighted by molar-refractivity contribution is -0.144. The molecular weight excluding hydrogens is 601 g/mol.